The maximum absolute atomic E-state index is 9.17. The molecule has 0 aromatic rings. The Hall–Kier alpha value is -0.160. The normalized spacial score (nSPS) is 20.2. The van der Waals surface area contributed by atoms with Gasteiger partial charge in [0.1, 0.15) is 0 Å². The van der Waals surface area contributed by atoms with Crippen LogP contribution in [0.1, 0.15) is 26.7 Å². The highest BCUT2D eigenvalue weighted by atomic mass is 16.3. The van der Waals surface area contributed by atoms with Crippen molar-refractivity contribution in [2.45, 2.75) is 32.7 Å². The van der Waals surface area contributed by atoms with Crippen LogP contribution in [-0.2, 0) is 0 Å². The smallest absolute Gasteiger partial charge is 0.0518 e. The third kappa shape index (κ3) is 4.37. The third-order valence-corrected chi connectivity index (χ3v) is 3.37. The lowest BCUT2D eigenvalue weighted by Gasteiger charge is -2.28. The summed E-state index contributed by atoms with van der Waals surface area (Å²) in [4.78, 5) is 2.47. The second-order valence-electron chi connectivity index (χ2n) is 5.42. The van der Waals surface area contributed by atoms with Gasteiger partial charge in [0.2, 0.25) is 0 Å². The summed E-state index contributed by atoms with van der Waals surface area (Å²) >= 11 is 0. The van der Waals surface area contributed by atoms with Gasteiger partial charge in [-0.05, 0) is 32.9 Å². The summed E-state index contributed by atoms with van der Waals surface area (Å²) in [7, 11) is 0. The van der Waals surface area contributed by atoms with Gasteiger partial charge in [-0.2, -0.15) is 0 Å². The summed E-state index contributed by atoms with van der Waals surface area (Å²) in [5.41, 5.74) is -0.404. The standard InChI is InChI=1S/C12H26N2O2/c1-11(7-14-5-3-4-6-14)13-8-12(2,9-15)10-16/h11,13,15-16H,3-10H2,1-2H3. The molecule has 0 radical (unpaired) electrons. The fourth-order valence-corrected chi connectivity index (χ4v) is 2.00. The Kier molecular flexibility index (Phi) is 5.69. The molecule has 4 heteroatoms. The average Bonchev–Trinajstić information content (AvgIpc) is 2.79. The van der Waals surface area contributed by atoms with Crippen LogP contribution in [-0.4, -0.2) is 60.5 Å². The van der Waals surface area contributed by atoms with Crippen molar-refractivity contribution in [3.63, 3.8) is 0 Å². The van der Waals surface area contributed by atoms with E-state index in [1.54, 1.807) is 0 Å². The van der Waals surface area contributed by atoms with Crippen LogP contribution in [0, 0.1) is 5.41 Å². The van der Waals surface area contributed by atoms with Crippen LogP contribution < -0.4 is 5.32 Å². The molecule has 4 nitrogen and oxygen atoms in total. The van der Waals surface area contributed by atoms with Gasteiger partial charge in [-0.25, -0.2) is 0 Å². The van der Waals surface area contributed by atoms with Crippen LogP contribution in [0.2, 0.25) is 0 Å². The van der Waals surface area contributed by atoms with Gasteiger partial charge < -0.3 is 20.4 Å². The molecule has 0 bridgehead atoms. The molecule has 1 saturated heterocycles. The van der Waals surface area contributed by atoms with Crippen LogP contribution in [0.25, 0.3) is 0 Å². The first-order chi connectivity index (χ1) is 7.59. The highest BCUT2D eigenvalue weighted by Gasteiger charge is 2.23. The fourth-order valence-electron chi connectivity index (χ4n) is 2.00. The van der Waals surface area contributed by atoms with Gasteiger partial charge in [-0.15, -0.1) is 0 Å². The molecule has 0 aliphatic carbocycles. The van der Waals surface area contributed by atoms with Crippen molar-refractivity contribution >= 4 is 0 Å². The molecule has 0 saturated carbocycles. The number of likely N-dealkylation sites (tertiary alicyclic amines) is 1. The SMILES string of the molecule is CC(CN1CCCC1)NCC(C)(CO)CO. The first-order valence-electron chi connectivity index (χ1n) is 6.27. The molecule has 96 valence electrons. The molecule has 1 aliphatic rings. The maximum atomic E-state index is 9.17. The molecule has 0 aromatic carbocycles. The van der Waals surface area contributed by atoms with E-state index in [0.717, 1.165) is 6.54 Å². The predicted molar refractivity (Wildman–Crippen MR) is 65.4 cm³/mol. The van der Waals surface area contributed by atoms with E-state index in [1.807, 2.05) is 6.92 Å². The second kappa shape index (κ2) is 6.55. The Bertz CT molecular complexity index is 189. The van der Waals surface area contributed by atoms with Crippen molar-refractivity contribution in [1.82, 2.24) is 10.2 Å². The van der Waals surface area contributed by atoms with Gasteiger partial charge in [0, 0.05) is 24.5 Å². The Labute approximate surface area is 98.6 Å². The largest absolute Gasteiger partial charge is 0.396 e. The van der Waals surface area contributed by atoms with E-state index in [1.165, 1.54) is 25.9 Å². The first-order valence-corrected chi connectivity index (χ1v) is 6.27. The number of hydrogen-bond acceptors (Lipinski definition) is 4. The zero-order valence-electron chi connectivity index (χ0n) is 10.6. The minimum atomic E-state index is -0.404. The minimum Gasteiger partial charge on any atom is -0.396 e. The third-order valence-electron chi connectivity index (χ3n) is 3.37. The minimum absolute atomic E-state index is 0.0208. The highest BCUT2D eigenvalue weighted by molar-refractivity contribution is 4.79. The van der Waals surface area contributed by atoms with Gasteiger partial charge in [0.15, 0.2) is 0 Å². The lowest BCUT2D eigenvalue weighted by atomic mass is 9.93. The zero-order chi connectivity index (χ0) is 12.0. The van der Waals surface area contributed by atoms with E-state index in [-0.39, 0.29) is 13.2 Å². The molecule has 0 spiro atoms. The Morgan fingerprint density at radius 3 is 2.31 bits per heavy atom. The van der Waals surface area contributed by atoms with E-state index in [9.17, 15) is 10.2 Å². The Morgan fingerprint density at radius 1 is 1.25 bits per heavy atom. The number of rotatable bonds is 7. The molecular formula is C12H26N2O2. The van der Waals surface area contributed by atoms with E-state index >= 15 is 0 Å². The topological polar surface area (TPSA) is 55.7 Å². The fraction of sp³-hybridized carbons (Fsp3) is 1.00. The van der Waals surface area contributed by atoms with Crippen molar-refractivity contribution in [1.29, 1.82) is 0 Å². The summed E-state index contributed by atoms with van der Waals surface area (Å²) < 4.78 is 0. The second-order valence-corrected chi connectivity index (χ2v) is 5.42. The molecule has 16 heavy (non-hydrogen) atoms. The number of aliphatic hydroxyl groups is 2. The molecule has 0 aromatic heterocycles. The molecular weight excluding hydrogens is 204 g/mol. The van der Waals surface area contributed by atoms with Crippen LogP contribution in [0.5, 0.6) is 0 Å². The molecule has 1 rings (SSSR count). The highest BCUT2D eigenvalue weighted by Crippen LogP contribution is 2.13. The molecule has 1 aliphatic heterocycles. The van der Waals surface area contributed by atoms with Crippen LogP contribution in [0.15, 0.2) is 0 Å². The van der Waals surface area contributed by atoms with E-state index < -0.39 is 5.41 Å². The van der Waals surface area contributed by atoms with Crippen LogP contribution in [0.4, 0.5) is 0 Å². The van der Waals surface area contributed by atoms with Crippen molar-refractivity contribution in [2.75, 3.05) is 39.4 Å². The van der Waals surface area contributed by atoms with Gasteiger partial charge >= 0.3 is 0 Å². The lowest BCUT2D eigenvalue weighted by Crippen LogP contribution is -2.45. The van der Waals surface area contributed by atoms with E-state index in [0.29, 0.717) is 12.6 Å². The number of aliphatic hydroxyl groups excluding tert-OH is 2. The first kappa shape index (κ1) is 13.9. The Balaban J connectivity index is 2.20. The summed E-state index contributed by atoms with van der Waals surface area (Å²) in [5, 5.41) is 21.7. The van der Waals surface area contributed by atoms with Crippen LogP contribution >= 0.6 is 0 Å². The number of nitrogens with zero attached hydrogens (tertiary/aromatic N) is 1. The van der Waals surface area contributed by atoms with Crippen LogP contribution in [0.3, 0.4) is 0 Å². The van der Waals surface area contributed by atoms with Crippen molar-refractivity contribution in [3.8, 4) is 0 Å². The Morgan fingerprint density at radius 2 is 1.81 bits per heavy atom. The molecule has 1 fully saturated rings. The van der Waals surface area contributed by atoms with Gasteiger partial charge in [0.25, 0.3) is 0 Å². The summed E-state index contributed by atoms with van der Waals surface area (Å²) in [6, 6.07) is 0.413. The molecule has 3 N–H and O–H groups in total. The summed E-state index contributed by atoms with van der Waals surface area (Å²) in [6.07, 6.45) is 2.63. The quantitative estimate of drug-likeness (QED) is 0.578. The van der Waals surface area contributed by atoms with Gasteiger partial charge in [-0.3, -0.25) is 0 Å². The molecule has 1 atom stereocenters. The monoisotopic (exact) mass is 230 g/mol. The van der Waals surface area contributed by atoms with Crippen molar-refractivity contribution in [3.05, 3.63) is 0 Å². The van der Waals surface area contributed by atoms with Crippen molar-refractivity contribution < 1.29 is 10.2 Å². The molecule has 1 heterocycles. The van der Waals surface area contributed by atoms with E-state index in [2.05, 4.69) is 17.1 Å². The lowest BCUT2D eigenvalue weighted by molar-refractivity contribution is 0.0667. The summed E-state index contributed by atoms with van der Waals surface area (Å²) in [5.74, 6) is 0. The van der Waals surface area contributed by atoms with Gasteiger partial charge in [-0.1, -0.05) is 6.92 Å². The molecule has 1 unspecified atom stereocenters. The number of hydrogen-bond donors (Lipinski definition) is 3. The zero-order valence-corrected chi connectivity index (χ0v) is 10.6. The number of nitrogens with one attached hydrogen (secondary N) is 1. The average molecular weight is 230 g/mol. The summed E-state index contributed by atoms with van der Waals surface area (Å²) in [6.45, 7) is 8.24. The van der Waals surface area contributed by atoms with Gasteiger partial charge in [0.05, 0.1) is 13.2 Å². The molecule has 0 amide bonds. The van der Waals surface area contributed by atoms with E-state index in [4.69, 9.17) is 0 Å². The maximum Gasteiger partial charge on any atom is 0.0518 e. The van der Waals surface area contributed by atoms with Crippen molar-refractivity contribution in [2.24, 2.45) is 5.41 Å². The predicted octanol–water partition coefficient (Wildman–Crippen LogP) is 0.0512.